The molecule has 1 heterocycles. The van der Waals surface area contributed by atoms with E-state index in [2.05, 4.69) is 15.5 Å². The molecule has 0 bridgehead atoms. The molecule has 0 aliphatic rings. The second-order valence-corrected chi connectivity index (χ2v) is 5.85. The zero-order chi connectivity index (χ0) is 18.1. The van der Waals surface area contributed by atoms with Gasteiger partial charge in [-0.15, -0.1) is 10.2 Å². The minimum atomic E-state index is -0.350. The Kier molecular flexibility index (Phi) is 7.39. The van der Waals surface area contributed by atoms with Crippen LogP contribution >= 0.6 is 11.8 Å². The van der Waals surface area contributed by atoms with Gasteiger partial charge in [-0.2, -0.15) is 0 Å². The third-order valence-electron chi connectivity index (χ3n) is 3.01. The lowest BCUT2D eigenvalue weighted by Gasteiger charge is -2.04. The van der Waals surface area contributed by atoms with Crippen LogP contribution in [0.25, 0.3) is 11.5 Å². The molecule has 0 fully saturated rings. The van der Waals surface area contributed by atoms with E-state index in [9.17, 15) is 14.0 Å². The standard InChI is InChI=1S/C16H18FN3O4S/c1-2-23-14(22)4-3-9-18-13(21)10-25-16-20-19-15(24-16)11-5-7-12(17)8-6-11/h5-8H,2-4,9-10H2,1H3,(H,18,21). The number of halogens is 1. The molecular weight excluding hydrogens is 349 g/mol. The fourth-order valence-electron chi connectivity index (χ4n) is 1.85. The van der Waals surface area contributed by atoms with Crippen LogP contribution in [0.5, 0.6) is 0 Å². The fourth-order valence-corrected chi connectivity index (χ4v) is 2.44. The van der Waals surface area contributed by atoms with Gasteiger partial charge in [0.05, 0.1) is 12.4 Å². The molecule has 25 heavy (non-hydrogen) atoms. The predicted octanol–water partition coefficient (Wildman–Crippen LogP) is 2.43. The first kappa shape index (κ1) is 18.9. The van der Waals surface area contributed by atoms with Crippen molar-refractivity contribution in [3.8, 4) is 11.5 Å². The largest absolute Gasteiger partial charge is 0.466 e. The molecule has 0 aliphatic heterocycles. The normalized spacial score (nSPS) is 10.5. The highest BCUT2D eigenvalue weighted by Crippen LogP contribution is 2.23. The molecule has 0 aliphatic carbocycles. The number of hydrogen-bond donors (Lipinski definition) is 1. The van der Waals surface area contributed by atoms with Crippen molar-refractivity contribution in [1.82, 2.24) is 15.5 Å². The molecule has 1 N–H and O–H groups in total. The van der Waals surface area contributed by atoms with Crippen LogP contribution in [0.15, 0.2) is 33.9 Å². The maximum absolute atomic E-state index is 12.9. The van der Waals surface area contributed by atoms with E-state index >= 15 is 0 Å². The highest BCUT2D eigenvalue weighted by molar-refractivity contribution is 7.99. The summed E-state index contributed by atoms with van der Waals surface area (Å²) in [6.45, 7) is 2.49. The summed E-state index contributed by atoms with van der Waals surface area (Å²) in [6.07, 6.45) is 0.788. The van der Waals surface area contributed by atoms with E-state index in [0.717, 1.165) is 11.8 Å². The van der Waals surface area contributed by atoms with Crippen LogP contribution in [-0.4, -0.2) is 41.0 Å². The number of aromatic nitrogens is 2. The van der Waals surface area contributed by atoms with Gasteiger partial charge in [-0.3, -0.25) is 9.59 Å². The van der Waals surface area contributed by atoms with E-state index < -0.39 is 0 Å². The van der Waals surface area contributed by atoms with Gasteiger partial charge in [-0.05, 0) is 37.6 Å². The summed E-state index contributed by atoms with van der Waals surface area (Å²) in [7, 11) is 0. The quantitative estimate of drug-likeness (QED) is 0.413. The van der Waals surface area contributed by atoms with E-state index in [1.54, 1.807) is 6.92 Å². The van der Waals surface area contributed by atoms with Crippen LogP contribution in [0.1, 0.15) is 19.8 Å². The lowest BCUT2D eigenvalue weighted by atomic mass is 10.2. The SMILES string of the molecule is CCOC(=O)CCCNC(=O)CSc1nnc(-c2ccc(F)cc2)o1. The molecule has 7 nitrogen and oxygen atoms in total. The number of amides is 1. The van der Waals surface area contributed by atoms with Crippen LogP contribution in [0.3, 0.4) is 0 Å². The summed E-state index contributed by atoms with van der Waals surface area (Å²) >= 11 is 1.10. The van der Waals surface area contributed by atoms with Crippen molar-refractivity contribution in [3.05, 3.63) is 30.1 Å². The Morgan fingerprint density at radius 3 is 2.76 bits per heavy atom. The number of esters is 1. The van der Waals surface area contributed by atoms with E-state index in [4.69, 9.17) is 9.15 Å². The van der Waals surface area contributed by atoms with Crippen molar-refractivity contribution in [3.63, 3.8) is 0 Å². The minimum absolute atomic E-state index is 0.116. The Balaban J connectivity index is 1.70. The van der Waals surface area contributed by atoms with Crippen molar-refractivity contribution in [1.29, 1.82) is 0 Å². The highest BCUT2D eigenvalue weighted by Gasteiger charge is 2.11. The van der Waals surface area contributed by atoms with Crippen LogP contribution in [-0.2, 0) is 14.3 Å². The molecule has 0 spiro atoms. The second-order valence-electron chi connectivity index (χ2n) is 4.93. The summed E-state index contributed by atoms with van der Waals surface area (Å²) in [5.74, 6) is -0.444. The number of nitrogens with one attached hydrogen (secondary N) is 1. The fraction of sp³-hybridized carbons (Fsp3) is 0.375. The Bertz CT molecular complexity index is 706. The maximum Gasteiger partial charge on any atom is 0.305 e. The summed E-state index contributed by atoms with van der Waals surface area (Å²) < 4.78 is 23.1. The number of rotatable bonds is 9. The summed E-state index contributed by atoms with van der Waals surface area (Å²) in [5.41, 5.74) is 0.601. The summed E-state index contributed by atoms with van der Waals surface area (Å²) in [4.78, 5) is 22.9. The van der Waals surface area contributed by atoms with Crippen LogP contribution in [0.4, 0.5) is 4.39 Å². The molecular formula is C16H18FN3O4S. The topological polar surface area (TPSA) is 94.3 Å². The van der Waals surface area contributed by atoms with E-state index in [-0.39, 0.29) is 41.0 Å². The maximum atomic E-state index is 12.9. The molecule has 0 unspecified atom stereocenters. The Hall–Kier alpha value is -2.42. The lowest BCUT2D eigenvalue weighted by Crippen LogP contribution is -2.26. The molecule has 2 aromatic rings. The van der Waals surface area contributed by atoms with Gasteiger partial charge in [0.1, 0.15) is 5.82 Å². The molecule has 1 aromatic carbocycles. The van der Waals surface area contributed by atoms with Crippen molar-refractivity contribution in [2.75, 3.05) is 18.9 Å². The molecule has 0 saturated carbocycles. The molecule has 0 radical (unpaired) electrons. The number of carbonyl (C=O) groups excluding carboxylic acids is 2. The predicted molar refractivity (Wildman–Crippen MR) is 89.3 cm³/mol. The van der Waals surface area contributed by atoms with Crippen LogP contribution in [0, 0.1) is 5.82 Å². The van der Waals surface area contributed by atoms with E-state index in [1.807, 2.05) is 0 Å². The zero-order valence-corrected chi connectivity index (χ0v) is 14.5. The number of benzene rings is 1. The number of carbonyl (C=O) groups is 2. The molecule has 0 atom stereocenters. The average molecular weight is 367 g/mol. The molecule has 2 rings (SSSR count). The van der Waals surface area contributed by atoms with Gasteiger partial charge in [0, 0.05) is 18.5 Å². The van der Waals surface area contributed by atoms with Gasteiger partial charge in [0.25, 0.3) is 5.22 Å². The van der Waals surface area contributed by atoms with Gasteiger partial charge in [0.2, 0.25) is 11.8 Å². The first-order chi connectivity index (χ1) is 12.1. The molecule has 9 heteroatoms. The van der Waals surface area contributed by atoms with Gasteiger partial charge < -0.3 is 14.5 Å². The van der Waals surface area contributed by atoms with Gasteiger partial charge in [-0.1, -0.05) is 11.8 Å². The number of hydrogen-bond acceptors (Lipinski definition) is 7. The van der Waals surface area contributed by atoms with Crippen molar-refractivity contribution < 1.29 is 23.1 Å². The monoisotopic (exact) mass is 367 g/mol. The first-order valence-corrected chi connectivity index (χ1v) is 8.71. The van der Waals surface area contributed by atoms with Gasteiger partial charge >= 0.3 is 5.97 Å². The van der Waals surface area contributed by atoms with E-state index in [1.165, 1.54) is 24.3 Å². The third-order valence-corrected chi connectivity index (χ3v) is 3.83. The first-order valence-electron chi connectivity index (χ1n) is 7.73. The highest BCUT2D eigenvalue weighted by atomic mass is 32.2. The van der Waals surface area contributed by atoms with Crippen LogP contribution < -0.4 is 5.32 Å². The minimum Gasteiger partial charge on any atom is -0.466 e. The lowest BCUT2D eigenvalue weighted by molar-refractivity contribution is -0.143. The summed E-state index contributed by atoms with van der Waals surface area (Å²) in [5, 5.41) is 10.6. The summed E-state index contributed by atoms with van der Waals surface area (Å²) in [6, 6.07) is 5.67. The van der Waals surface area contributed by atoms with Gasteiger partial charge in [0.15, 0.2) is 0 Å². The van der Waals surface area contributed by atoms with E-state index in [0.29, 0.717) is 25.1 Å². The Morgan fingerprint density at radius 2 is 2.04 bits per heavy atom. The van der Waals surface area contributed by atoms with Crippen LogP contribution in [0.2, 0.25) is 0 Å². The number of ether oxygens (including phenoxy) is 1. The second kappa shape index (κ2) is 9.77. The molecule has 1 aromatic heterocycles. The van der Waals surface area contributed by atoms with Crippen molar-refractivity contribution in [2.24, 2.45) is 0 Å². The zero-order valence-electron chi connectivity index (χ0n) is 13.7. The average Bonchev–Trinajstić information content (AvgIpc) is 3.07. The molecule has 134 valence electrons. The Labute approximate surface area is 148 Å². The van der Waals surface area contributed by atoms with Gasteiger partial charge in [-0.25, -0.2) is 4.39 Å². The number of thioether (sulfide) groups is 1. The van der Waals surface area contributed by atoms with Crippen molar-refractivity contribution >= 4 is 23.6 Å². The Morgan fingerprint density at radius 1 is 1.28 bits per heavy atom. The number of nitrogens with zero attached hydrogens (tertiary/aromatic N) is 2. The van der Waals surface area contributed by atoms with Crippen molar-refractivity contribution in [2.45, 2.75) is 25.0 Å². The third kappa shape index (κ3) is 6.54. The smallest absolute Gasteiger partial charge is 0.305 e. The molecule has 1 amide bonds. The molecule has 0 saturated heterocycles.